The molecule has 10 heteroatoms. The number of morpholine rings is 1. The van der Waals surface area contributed by atoms with Crippen molar-refractivity contribution in [2.24, 2.45) is 0 Å². The van der Waals surface area contributed by atoms with Crippen LogP contribution in [0.2, 0.25) is 5.02 Å². The molecule has 180 valence electrons. The highest BCUT2D eigenvalue weighted by molar-refractivity contribution is 7.89. The lowest BCUT2D eigenvalue weighted by Crippen LogP contribution is -2.48. The third-order valence-corrected chi connectivity index (χ3v) is 7.54. The van der Waals surface area contributed by atoms with E-state index in [9.17, 15) is 13.2 Å². The van der Waals surface area contributed by atoms with Crippen LogP contribution in [0.3, 0.4) is 0 Å². The molecule has 3 rings (SSSR count). The summed E-state index contributed by atoms with van der Waals surface area (Å²) in [7, 11) is -3.89. The lowest BCUT2D eigenvalue weighted by Gasteiger charge is -2.34. The Morgan fingerprint density at radius 2 is 2.00 bits per heavy atom. The van der Waals surface area contributed by atoms with Crippen LogP contribution in [-0.2, 0) is 21.3 Å². The number of ether oxygens (including phenoxy) is 2. The topological polar surface area (TPSA) is 97.8 Å². The molecule has 1 aromatic carbocycles. The smallest absolute Gasteiger partial charge is 0.251 e. The summed E-state index contributed by atoms with van der Waals surface area (Å²) in [5, 5.41) is 2.87. The lowest BCUT2D eigenvalue weighted by atomic mass is 10.2. The van der Waals surface area contributed by atoms with Crippen LogP contribution in [0.15, 0.2) is 41.4 Å². The van der Waals surface area contributed by atoms with Crippen LogP contribution in [0.25, 0.3) is 0 Å². The highest BCUT2D eigenvalue weighted by Gasteiger charge is 2.33. The van der Waals surface area contributed by atoms with Gasteiger partial charge in [0.1, 0.15) is 4.90 Å². The first-order valence-electron chi connectivity index (χ1n) is 11.0. The molecule has 1 aliphatic heterocycles. The SMILES string of the molecule is CCCCOc1ncccc1CNC(=O)c1ccc(Cl)c(S(=O)(=O)N2CC(C)OC(C)C2)c1. The van der Waals surface area contributed by atoms with Crippen LogP contribution in [-0.4, -0.2) is 55.5 Å². The maximum absolute atomic E-state index is 13.3. The van der Waals surface area contributed by atoms with Gasteiger partial charge in [-0.05, 0) is 44.5 Å². The standard InChI is InChI=1S/C23H30ClN3O5S/c1-4-5-11-31-23-19(7-6-10-25-23)13-26-22(28)18-8-9-20(24)21(12-18)33(29,30)27-14-16(2)32-17(3)15-27/h6-10,12,16-17H,4-5,11,13-15H2,1-3H3,(H,26,28). The van der Waals surface area contributed by atoms with E-state index in [2.05, 4.69) is 17.2 Å². The number of benzene rings is 1. The maximum atomic E-state index is 13.3. The van der Waals surface area contributed by atoms with E-state index in [4.69, 9.17) is 21.1 Å². The number of carbonyl (C=O) groups excluding carboxylic acids is 1. The van der Waals surface area contributed by atoms with E-state index < -0.39 is 15.9 Å². The predicted molar refractivity (Wildman–Crippen MR) is 126 cm³/mol. The molecule has 0 saturated carbocycles. The fourth-order valence-corrected chi connectivity index (χ4v) is 5.68. The molecule has 1 N–H and O–H groups in total. The molecule has 1 fully saturated rings. The number of pyridine rings is 1. The summed E-state index contributed by atoms with van der Waals surface area (Å²) >= 11 is 6.24. The van der Waals surface area contributed by atoms with Crippen molar-refractivity contribution in [3.63, 3.8) is 0 Å². The molecule has 8 nitrogen and oxygen atoms in total. The summed E-state index contributed by atoms with van der Waals surface area (Å²) in [6.45, 7) is 6.90. The first-order chi connectivity index (χ1) is 15.7. The second kappa shape index (κ2) is 11.3. The minimum Gasteiger partial charge on any atom is -0.477 e. The number of halogens is 1. The number of hydrogen-bond acceptors (Lipinski definition) is 6. The summed E-state index contributed by atoms with van der Waals surface area (Å²) in [6.07, 6.45) is 3.08. The highest BCUT2D eigenvalue weighted by Crippen LogP contribution is 2.28. The van der Waals surface area contributed by atoms with Crippen molar-refractivity contribution in [3.05, 3.63) is 52.7 Å². The first-order valence-corrected chi connectivity index (χ1v) is 12.8. The van der Waals surface area contributed by atoms with Gasteiger partial charge in [-0.1, -0.05) is 31.0 Å². The zero-order valence-corrected chi connectivity index (χ0v) is 20.7. The molecule has 33 heavy (non-hydrogen) atoms. The molecule has 1 aromatic heterocycles. The number of aromatic nitrogens is 1. The van der Waals surface area contributed by atoms with Crippen molar-refractivity contribution in [3.8, 4) is 5.88 Å². The Labute approximate surface area is 200 Å². The molecule has 2 aromatic rings. The molecule has 1 saturated heterocycles. The van der Waals surface area contributed by atoms with Gasteiger partial charge in [-0.2, -0.15) is 4.31 Å². The second-order valence-electron chi connectivity index (χ2n) is 8.08. The second-order valence-corrected chi connectivity index (χ2v) is 10.4. The monoisotopic (exact) mass is 495 g/mol. The summed E-state index contributed by atoms with van der Waals surface area (Å²) in [5.74, 6) is 0.0522. The normalized spacial score (nSPS) is 19.3. The van der Waals surface area contributed by atoms with E-state index in [1.54, 1.807) is 12.3 Å². The van der Waals surface area contributed by atoms with E-state index in [0.29, 0.717) is 12.5 Å². The predicted octanol–water partition coefficient (Wildman–Crippen LogP) is 3.64. The van der Waals surface area contributed by atoms with Crippen LogP contribution in [0.4, 0.5) is 0 Å². The van der Waals surface area contributed by atoms with Gasteiger partial charge in [-0.25, -0.2) is 13.4 Å². The minimum absolute atomic E-state index is 0.0669. The van der Waals surface area contributed by atoms with Gasteiger partial charge >= 0.3 is 0 Å². The number of hydrogen-bond donors (Lipinski definition) is 1. The third-order valence-electron chi connectivity index (χ3n) is 5.22. The van der Waals surface area contributed by atoms with Crippen molar-refractivity contribution < 1.29 is 22.7 Å². The maximum Gasteiger partial charge on any atom is 0.251 e. The van der Waals surface area contributed by atoms with Crippen molar-refractivity contribution >= 4 is 27.5 Å². The summed E-state index contributed by atoms with van der Waals surface area (Å²) in [6, 6.07) is 7.85. The summed E-state index contributed by atoms with van der Waals surface area (Å²) < 4.78 is 39.2. The van der Waals surface area contributed by atoms with E-state index in [1.165, 1.54) is 22.5 Å². The van der Waals surface area contributed by atoms with Gasteiger partial charge in [0.25, 0.3) is 5.91 Å². The Morgan fingerprint density at radius 1 is 1.27 bits per heavy atom. The average molecular weight is 496 g/mol. The van der Waals surface area contributed by atoms with Gasteiger partial charge in [-0.15, -0.1) is 0 Å². The van der Waals surface area contributed by atoms with Crippen LogP contribution >= 0.6 is 11.6 Å². The molecule has 2 atom stereocenters. The molecule has 1 amide bonds. The number of carbonyl (C=O) groups is 1. The average Bonchev–Trinajstić information content (AvgIpc) is 2.78. The van der Waals surface area contributed by atoms with E-state index >= 15 is 0 Å². The Morgan fingerprint density at radius 3 is 2.70 bits per heavy atom. The van der Waals surface area contributed by atoms with E-state index in [-0.39, 0.29) is 47.3 Å². The number of sulfonamides is 1. The van der Waals surface area contributed by atoms with E-state index in [1.807, 2.05) is 19.9 Å². The van der Waals surface area contributed by atoms with E-state index in [0.717, 1.165) is 18.4 Å². The number of rotatable bonds is 9. The van der Waals surface area contributed by atoms with Gasteiger partial charge in [0.15, 0.2) is 0 Å². The zero-order chi connectivity index (χ0) is 24.0. The van der Waals surface area contributed by atoms with Crippen molar-refractivity contribution in [2.45, 2.75) is 57.3 Å². The fourth-order valence-electron chi connectivity index (χ4n) is 3.59. The lowest BCUT2D eigenvalue weighted by molar-refractivity contribution is -0.0440. The highest BCUT2D eigenvalue weighted by atomic mass is 35.5. The van der Waals surface area contributed by atoms with Crippen LogP contribution in [0.5, 0.6) is 5.88 Å². The Bertz CT molecular complexity index is 1070. The molecule has 2 unspecified atom stereocenters. The molecule has 0 spiro atoms. The van der Waals surface area contributed by atoms with Crippen LogP contribution in [0, 0.1) is 0 Å². The van der Waals surface area contributed by atoms with Crippen molar-refractivity contribution in [2.75, 3.05) is 19.7 Å². The van der Waals surface area contributed by atoms with Gasteiger partial charge in [-0.3, -0.25) is 4.79 Å². The van der Waals surface area contributed by atoms with Crippen LogP contribution in [0.1, 0.15) is 49.5 Å². The molecular formula is C23H30ClN3O5S. The van der Waals surface area contributed by atoms with Crippen LogP contribution < -0.4 is 10.1 Å². The Hall–Kier alpha value is -2.20. The molecular weight excluding hydrogens is 466 g/mol. The Balaban J connectivity index is 1.75. The molecule has 0 radical (unpaired) electrons. The summed E-state index contributed by atoms with van der Waals surface area (Å²) in [5.41, 5.74) is 0.935. The molecule has 0 bridgehead atoms. The number of unbranched alkanes of at least 4 members (excludes halogenated alkanes) is 1. The minimum atomic E-state index is -3.89. The van der Waals surface area contributed by atoms with Gasteiger partial charge < -0.3 is 14.8 Å². The molecule has 1 aliphatic rings. The quantitative estimate of drug-likeness (QED) is 0.533. The van der Waals surface area contributed by atoms with Gasteiger partial charge in [0.05, 0.1) is 23.8 Å². The van der Waals surface area contributed by atoms with Gasteiger partial charge in [0.2, 0.25) is 15.9 Å². The largest absolute Gasteiger partial charge is 0.477 e. The summed E-state index contributed by atoms with van der Waals surface area (Å²) in [4.78, 5) is 17.0. The van der Waals surface area contributed by atoms with Gasteiger partial charge in [0, 0.05) is 37.0 Å². The molecule has 0 aliphatic carbocycles. The Kier molecular flexibility index (Phi) is 8.69. The first kappa shape index (κ1) is 25.4. The third kappa shape index (κ3) is 6.44. The molecule has 2 heterocycles. The zero-order valence-electron chi connectivity index (χ0n) is 19.1. The fraction of sp³-hybridized carbons (Fsp3) is 0.478. The van der Waals surface area contributed by atoms with Crippen molar-refractivity contribution in [1.82, 2.24) is 14.6 Å². The number of nitrogens with zero attached hydrogens (tertiary/aromatic N) is 2. The number of nitrogens with one attached hydrogen (secondary N) is 1. The van der Waals surface area contributed by atoms with Crippen molar-refractivity contribution in [1.29, 1.82) is 0 Å². The number of amides is 1.